The highest BCUT2D eigenvalue weighted by Gasteiger charge is 2.52. The number of rotatable bonds is 12. The number of nitrogens with two attached hydrogens (primary N) is 3. The van der Waals surface area contributed by atoms with Gasteiger partial charge in [-0.25, -0.2) is 4.79 Å². The van der Waals surface area contributed by atoms with Gasteiger partial charge in [0.25, 0.3) is 5.97 Å². The van der Waals surface area contributed by atoms with Crippen molar-refractivity contribution in [1.29, 1.82) is 5.41 Å². The van der Waals surface area contributed by atoms with Crippen molar-refractivity contribution in [1.82, 2.24) is 10.2 Å². The van der Waals surface area contributed by atoms with Crippen molar-refractivity contribution in [2.75, 3.05) is 19.6 Å². The van der Waals surface area contributed by atoms with Gasteiger partial charge in [-0.05, 0) is 37.9 Å². The summed E-state index contributed by atoms with van der Waals surface area (Å²) in [4.78, 5) is 61.0. The number of carbonyl (C=O) groups excluding carboxylic acids is 2. The normalized spacial score (nSPS) is 24.6. The van der Waals surface area contributed by atoms with Gasteiger partial charge in [0.05, 0.1) is 18.9 Å². The van der Waals surface area contributed by atoms with Crippen molar-refractivity contribution in [2.24, 2.45) is 23.1 Å². The van der Waals surface area contributed by atoms with Crippen molar-refractivity contribution in [3.05, 3.63) is 0 Å². The van der Waals surface area contributed by atoms with Gasteiger partial charge >= 0.3 is 25.0 Å². The summed E-state index contributed by atoms with van der Waals surface area (Å²) in [7, 11) is -1.38. The lowest BCUT2D eigenvalue weighted by Gasteiger charge is -2.43. The lowest BCUT2D eigenvalue weighted by molar-refractivity contribution is -0.174. The molecule has 16 nitrogen and oxygen atoms in total. The average Bonchev–Trinajstić information content (AvgIpc) is 2.78. The zero-order chi connectivity index (χ0) is 28.0. The smallest absolute Gasteiger partial charge is 0.509 e. The summed E-state index contributed by atoms with van der Waals surface area (Å²) < 4.78 is 10.4. The SMILES string of the molecule is Cl.Cl.Cl.N=C(N)NCCC[C@H](N)C(=O)N1C[C@@H](CCB2OC(=O)CC(CC(=O)O)(C(=O)O)O2)C[C@](N)(C(=O)O)C1. The maximum Gasteiger partial charge on any atom is 0.528 e. The zero-order valence-electron chi connectivity index (χ0n) is 21.4. The third-order valence-electron chi connectivity index (χ3n) is 6.35. The van der Waals surface area contributed by atoms with Crippen LogP contribution in [0.4, 0.5) is 0 Å². The molecule has 0 aromatic rings. The summed E-state index contributed by atoms with van der Waals surface area (Å²) in [5, 5.41) is 38.0. The molecule has 0 radical (unpaired) electrons. The molecule has 230 valence electrons. The van der Waals surface area contributed by atoms with E-state index in [1.165, 1.54) is 4.90 Å². The van der Waals surface area contributed by atoms with Gasteiger partial charge in [0.1, 0.15) is 5.54 Å². The fourth-order valence-electron chi connectivity index (χ4n) is 4.56. The summed E-state index contributed by atoms with van der Waals surface area (Å²) in [6.45, 7) is 0.158. The Morgan fingerprint density at radius 2 is 1.80 bits per heavy atom. The highest BCUT2D eigenvalue weighted by atomic mass is 35.5. The molecule has 0 saturated carbocycles. The van der Waals surface area contributed by atoms with E-state index in [-0.39, 0.29) is 81.9 Å². The number of halogens is 3. The van der Waals surface area contributed by atoms with Crippen LogP contribution in [-0.4, -0.2) is 99.9 Å². The van der Waals surface area contributed by atoms with E-state index < -0.39 is 72.8 Å². The number of hydrogen-bond acceptors (Lipinski definition) is 10. The van der Waals surface area contributed by atoms with Crippen molar-refractivity contribution in [2.45, 2.75) is 62.0 Å². The Morgan fingerprint density at radius 3 is 2.33 bits per heavy atom. The lowest BCUT2D eigenvalue weighted by Crippen LogP contribution is -2.64. The number of likely N-dealkylation sites (tertiary alicyclic amines) is 1. The molecule has 4 atom stereocenters. The van der Waals surface area contributed by atoms with E-state index >= 15 is 0 Å². The predicted molar refractivity (Wildman–Crippen MR) is 148 cm³/mol. The number of carboxylic acids is 3. The van der Waals surface area contributed by atoms with E-state index in [1.807, 2.05) is 0 Å². The number of nitrogens with zero attached hydrogens (tertiary/aromatic N) is 1. The van der Waals surface area contributed by atoms with Gasteiger partial charge in [-0.1, -0.05) is 0 Å². The number of amides is 1. The summed E-state index contributed by atoms with van der Waals surface area (Å²) in [5.41, 5.74) is 13.3. The summed E-state index contributed by atoms with van der Waals surface area (Å²) in [6, 6.07) is -0.944. The second-order valence-corrected chi connectivity index (χ2v) is 9.50. The molecule has 0 bridgehead atoms. The summed E-state index contributed by atoms with van der Waals surface area (Å²) >= 11 is 0. The maximum atomic E-state index is 12.9. The van der Waals surface area contributed by atoms with Crippen LogP contribution in [0, 0.1) is 11.3 Å². The molecule has 1 unspecified atom stereocenters. The minimum absolute atomic E-state index is 0. The number of piperidine rings is 1. The third kappa shape index (κ3) is 10.8. The first kappa shape index (κ1) is 39.6. The first-order chi connectivity index (χ1) is 17.2. The molecule has 40 heavy (non-hydrogen) atoms. The first-order valence-corrected chi connectivity index (χ1v) is 11.6. The molecule has 11 N–H and O–H groups in total. The number of nitrogens with one attached hydrogen (secondary N) is 2. The Bertz CT molecular complexity index is 949. The van der Waals surface area contributed by atoms with E-state index in [9.17, 15) is 34.2 Å². The molecule has 2 heterocycles. The van der Waals surface area contributed by atoms with Gasteiger partial charge in [0, 0.05) is 19.6 Å². The Balaban J connectivity index is 0. The van der Waals surface area contributed by atoms with Crippen LogP contribution in [0.5, 0.6) is 0 Å². The maximum absolute atomic E-state index is 12.9. The van der Waals surface area contributed by atoms with Crippen molar-refractivity contribution >= 4 is 80.1 Å². The van der Waals surface area contributed by atoms with E-state index in [0.717, 1.165) is 0 Å². The standard InChI is InChI=1S/C20H33BN6O10.3ClH/c22-12(2-1-5-26-18(23)24)15(31)27-9-11(6-19(25,10-27)16(32)33)3-4-21-36-14(30)8-20(37-21,17(34)35)7-13(28)29;;;/h11-12H,1-10,22,25H2,(H,28,29)(H,32,33)(H,34,35)(H4,23,24,26);3*1H/t11-,12-,19+,20?;;;/m0.../s1. The van der Waals surface area contributed by atoms with Crippen LogP contribution in [0.2, 0.25) is 6.32 Å². The number of hydrogen-bond donors (Lipinski definition) is 8. The topological polar surface area (TPSA) is 282 Å². The van der Waals surface area contributed by atoms with Crippen LogP contribution < -0.4 is 22.5 Å². The molecule has 2 aliphatic rings. The molecule has 0 aromatic heterocycles. The van der Waals surface area contributed by atoms with Gasteiger partial charge in [0.2, 0.25) is 5.91 Å². The average molecular weight is 638 g/mol. The molecule has 1 amide bonds. The number of carbonyl (C=O) groups is 5. The van der Waals surface area contributed by atoms with Crippen LogP contribution in [0.15, 0.2) is 0 Å². The van der Waals surface area contributed by atoms with Crippen molar-refractivity contribution in [3.8, 4) is 0 Å². The molecule has 20 heteroatoms. The Kier molecular flexibility index (Phi) is 16.5. The van der Waals surface area contributed by atoms with Crippen molar-refractivity contribution < 1.29 is 48.6 Å². The number of guanidine groups is 1. The molecular weight excluding hydrogens is 601 g/mol. The number of aliphatic carboxylic acids is 3. The van der Waals surface area contributed by atoms with Crippen LogP contribution >= 0.6 is 37.2 Å². The van der Waals surface area contributed by atoms with Gasteiger partial charge in [-0.3, -0.25) is 24.6 Å². The van der Waals surface area contributed by atoms with Gasteiger partial charge in [0.15, 0.2) is 11.6 Å². The van der Waals surface area contributed by atoms with Gasteiger partial charge in [-0.2, -0.15) is 0 Å². The van der Waals surface area contributed by atoms with Gasteiger partial charge < -0.3 is 52.0 Å². The largest absolute Gasteiger partial charge is 0.528 e. The van der Waals surface area contributed by atoms with Gasteiger partial charge in [-0.15, -0.1) is 37.2 Å². The molecule has 2 rings (SSSR count). The molecule has 0 spiro atoms. The molecule has 0 aliphatic carbocycles. The predicted octanol–water partition coefficient (Wildman–Crippen LogP) is -1.39. The first-order valence-electron chi connectivity index (χ1n) is 11.6. The van der Waals surface area contributed by atoms with Crippen LogP contribution in [0.25, 0.3) is 0 Å². The molecular formula is C20H36BCl3N6O10. The van der Waals surface area contributed by atoms with Crippen LogP contribution in [-0.2, 0) is 33.3 Å². The van der Waals surface area contributed by atoms with E-state index in [4.69, 9.17) is 37.0 Å². The van der Waals surface area contributed by atoms with E-state index in [0.29, 0.717) is 13.0 Å². The minimum atomic E-state index is -2.29. The Labute approximate surface area is 248 Å². The molecule has 2 fully saturated rings. The molecule has 2 aliphatic heterocycles. The van der Waals surface area contributed by atoms with Crippen molar-refractivity contribution in [3.63, 3.8) is 0 Å². The third-order valence-corrected chi connectivity index (χ3v) is 6.35. The second kappa shape index (κ2) is 16.6. The van der Waals surface area contributed by atoms with E-state index in [1.54, 1.807) is 0 Å². The van der Waals surface area contributed by atoms with Crippen LogP contribution in [0.1, 0.15) is 38.5 Å². The Morgan fingerprint density at radius 1 is 1.18 bits per heavy atom. The summed E-state index contributed by atoms with van der Waals surface area (Å²) in [6.07, 6.45) is -1.02. The lowest BCUT2D eigenvalue weighted by atomic mass is 9.72. The van der Waals surface area contributed by atoms with E-state index in [2.05, 4.69) is 5.32 Å². The number of carboxylic acid groups (broad SMARTS) is 3. The molecule has 2 saturated heterocycles. The highest BCUT2D eigenvalue weighted by molar-refractivity contribution is 6.48. The summed E-state index contributed by atoms with van der Waals surface area (Å²) in [5.74, 6) is -6.57. The Hall–Kier alpha value is -2.57. The second-order valence-electron chi connectivity index (χ2n) is 9.50. The fraction of sp³-hybridized carbons (Fsp3) is 0.700. The quantitative estimate of drug-likeness (QED) is 0.0529. The van der Waals surface area contributed by atoms with Crippen LogP contribution in [0.3, 0.4) is 0 Å². The fourth-order valence-corrected chi connectivity index (χ4v) is 4.56. The monoisotopic (exact) mass is 636 g/mol. The highest BCUT2D eigenvalue weighted by Crippen LogP contribution is 2.33. The minimum Gasteiger partial charge on any atom is -0.509 e. The zero-order valence-corrected chi connectivity index (χ0v) is 23.9. The molecule has 0 aromatic carbocycles.